The lowest BCUT2D eigenvalue weighted by Crippen LogP contribution is -2.48. The lowest BCUT2D eigenvalue weighted by molar-refractivity contribution is -0.124. The first kappa shape index (κ1) is 19.2. The van der Waals surface area contributed by atoms with E-state index in [1.165, 1.54) is 12.8 Å². The Kier molecular flexibility index (Phi) is 5.54. The minimum absolute atomic E-state index is 0.0322. The van der Waals surface area contributed by atoms with Crippen LogP contribution in [0.3, 0.4) is 0 Å². The molecule has 4 nitrogen and oxygen atoms in total. The molecule has 28 heavy (non-hydrogen) atoms. The summed E-state index contributed by atoms with van der Waals surface area (Å²) >= 11 is 1.62. The molecule has 1 saturated carbocycles. The molecule has 0 bridgehead atoms. The molecule has 1 fully saturated rings. The van der Waals surface area contributed by atoms with E-state index in [1.807, 2.05) is 46.7 Å². The molecule has 1 aromatic heterocycles. The third-order valence-electron chi connectivity index (χ3n) is 5.67. The molecular formula is C23H28N2O2S. The second-order valence-electron chi connectivity index (χ2n) is 8.40. The van der Waals surface area contributed by atoms with Gasteiger partial charge in [0, 0.05) is 23.5 Å². The molecule has 2 aromatic rings. The molecule has 0 spiro atoms. The molecule has 1 aliphatic carbocycles. The molecule has 2 heterocycles. The zero-order valence-electron chi connectivity index (χ0n) is 16.6. The van der Waals surface area contributed by atoms with Gasteiger partial charge in [-0.1, -0.05) is 51.0 Å². The summed E-state index contributed by atoms with van der Waals surface area (Å²) in [6.45, 7) is 5.59. The first-order valence-electron chi connectivity index (χ1n) is 10.3. The molecular weight excluding hydrogens is 368 g/mol. The van der Waals surface area contributed by atoms with E-state index in [-0.39, 0.29) is 23.8 Å². The molecule has 1 aliphatic heterocycles. The van der Waals surface area contributed by atoms with E-state index >= 15 is 0 Å². The summed E-state index contributed by atoms with van der Waals surface area (Å²) in [6, 6.07) is 11.4. The van der Waals surface area contributed by atoms with Gasteiger partial charge in [-0.3, -0.25) is 9.59 Å². The molecule has 0 saturated heterocycles. The summed E-state index contributed by atoms with van der Waals surface area (Å²) in [5.41, 5.74) is 1.52. The van der Waals surface area contributed by atoms with E-state index in [4.69, 9.17) is 0 Å². The zero-order chi connectivity index (χ0) is 19.7. The molecule has 2 aliphatic rings. The summed E-state index contributed by atoms with van der Waals surface area (Å²) in [7, 11) is 0. The predicted molar refractivity (Wildman–Crippen MR) is 112 cm³/mol. The highest BCUT2D eigenvalue weighted by atomic mass is 32.1. The van der Waals surface area contributed by atoms with Crippen molar-refractivity contribution in [1.82, 2.24) is 10.2 Å². The maximum Gasteiger partial charge on any atom is 0.254 e. The summed E-state index contributed by atoms with van der Waals surface area (Å²) in [5.74, 6) is 0.810. The third kappa shape index (κ3) is 3.86. The van der Waals surface area contributed by atoms with Gasteiger partial charge in [-0.2, -0.15) is 0 Å². The van der Waals surface area contributed by atoms with Crippen molar-refractivity contribution in [2.45, 2.75) is 45.1 Å². The van der Waals surface area contributed by atoms with Crippen molar-refractivity contribution >= 4 is 23.2 Å². The van der Waals surface area contributed by atoms with Gasteiger partial charge in [0.25, 0.3) is 5.91 Å². The normalized spacial score (nSPS) is 21.7. The van der Waals surface area contributed by atoms with Crippen LogP contribution in [0.15, 0.2) is 41.8 Å². The molecule has 1 N–H and O–H groups in total. The lowest BCUT2D eigenvalue weighted by atomic mass is 9.81. The molecule has 2 amide bonds. The van der Waals surface area contributed by atoms with E-state index < -0.39 is 0 Å². The Morgan fingerprint density at radius 2 is 2.00 bits per heavy atom. The SMILES string of the molecule is CC(C)CN1C(=O)c2ccccc2C(C(=O)NCCC2CC2)C1c1cccs1. The van der Waals surface area contributed by atoms with E-state index in [2.05, 4.69) is 19.2 Å². The number of carbonyl (C=O) groups excluding carboxylic acids is 2. The summed E-state index contributed by atoms with van der Waals surface area (Å²) in [4.78, 5) is 29.7. The Morgan fingerprint density at radius 3 is 2.68 bits per heavy atom. The zero-order valence-corrected chi connectivity index (χ0v) is 17.4. The first-order valence-corrected chi connectivity index (χ1v) is 11.1. The number of thiophene rings is 1. The van der Waals surface area contributed by atoms with Crippen LogP contribution in [-0.4, -0.2) is 29.8 Å². The second kappa shape index (κ2) is 8.08. The largest absolute Gasteiger partial charge is 0.355 e. The Balaban J connectivity index is 1.72. The van der Waals surface area contributed by atoms with Gasteiger partial charge in [-0.15, -0.1) is 11.3 Å². The fraction of sp³-hybridized carbons (Fsp3) is 0.478. The van der Waals surface area contributed by atoms with Gasteiger partial charge >= 0.3 is 0 Å². The van der Waals surface area contributed by atoms with E-state index in [0.29, 0.717) is 18.0 Å². The van der Waals surface area contributed by atoms with Crippen molar-refractivity contribution in [1.29, 1.82) is 0 Å². The minimum Gasteiger partial charge on any atom is -0.355 e. The van der Waals surface area contributed by atoms with Crippen molar-refractivity contribution in [3.05, 3.63) is 57.8 Å². The molecule has 2 atom stereocenters. The number of fused-ring (bicyclic) bond motifs is 1. The number of rotatable bonds is 7. The molecule has 0 radical (unpaired) electrons. The average molecular weight is 397 g/mol. The fourth-order valence-electron chi connectivity index (χ4n) is 4.16. The molecule has 4 rings (SSSR count). The first-order chi connectivity index (χ1) is 13.6. The van der Waals surface area contributed by atoms with Crippen molar-refractivity contribution in [2.24, 2.45) is 11.8 Å². The number of benzene rings is 1. The molecule has 2 unspecified atom stereocenters. The number of nitrogens with one attached hydrogen (secondary N) is 1. The summed E-state index contributed by atoms with van der Waals surface area (Å²) in [5, 5.41) is 5.20. The van der Waals surface area contributed by atoms with Crippen LogP contribution in [0.5, 0.6) is 0 Å². The van der Waals surface area contributed by atoms with Gasteiger partial charge in [0.15, 0.2) is 0 Å². The Bertz CT molecular complexity index is 842. The van der Waals surface area contributed by atoms with Gasteiger partial charge in [0.2, 0.25) is 5.91 Å². The minimum atomic E-state index is -0.370. The Labute approximate surface area is 170 Å². The lowest BCUT2D eigenvalue weighted by Gasteiger charge is -2.42. The van der Waals surface area contributed by atoms with Gasteiger partial charge in [0.1, 0.15) is 0 Å². The number of hydrogen-bond acceptors (Lipinski definition) is 3. The molecule has 1 aromatic carbocycles. The van der Waals surface area contributed by atoms with Crippen LogP contribution in [0.2, 0.25) is 0 Å². The highest BCUT2D eigenvalue weighted by Gasteiger charge is 2.44. The van der Waals surface area contributed by atoms with Crippen molar-refractivity contribution in [3.8, 4) is 0 Å². The molecule has 148 valence electrons. The van der Waals surface area contributed by atoms with Crippen molar-refractivity contribution < 1.29 is 9.59 Å². The van der Waals surface area contributed by atoms with Crippen molar-refractivity contribution in [2.75, 3.05) is 13.1 Å². The van der Waals surface area contributed by atoms with Gasteiger partial charge < -0.3 is 10.2 Å². The van der Waals surface area contributed by atoms with Crippen LogP contribution < -0.4 is 5.32 Å². The van der Waals surface area contributed by atoms with Crippen LogP contribution >= 0.6 is 11.3 Å². The van der Waals surface area contributed by atoms with Gasteiger partial charge in [-0.05, 0) is 41.3 Å². The average Bonchev–Trinajstić information content (AvgIpc) is 3.34. The summed E-state index contributed by atoms with van der Waals surface area (Å²) in [6.07, 6.45) is 3.63. The number of amides is 2. The maximum absolute atomic E-state index is 13.4. The van der Waals surface area contributed by atoms with E-state index in [0.717, 1.165) is 29.3 Å². The number of nitrogens with zero attached hydrogens (tertiary/aromatic N) is 1. The van der Waals surface area contributed by atoms with Crippen LogP contribution in [0.25, 0.3) is 0 Å². The fourth-order valence-corrected chi connectivity index (χ4v) is 5.04. The topological polar surface area (TPSA) is 49.4 Å². The maximum atomic E-state index is 13.4. The Morgan fingerprint density at radius 1 is 1.21 bits per heavy atom. The van der Waals surface area contributed by atoms with Crippen LogP contribution in [0.4, 0.5) is 0 Å². The third-order valence-corrected chi connectivity index (χ3v) is 6.61. The second-order valence-corrected chi connectivity index (χ2v) is 9.38. The van der Waals surface area contributed by atoms with E-state index in [9.17, 15) is 9.59 Å². The van der Waals surface area contributed by atoms with E-state index in [1.54, 1.807) is 11.3 Å². The standard InChI is InChI=1S/C23H28N2O2S/c1-15(2)14-25-21(19-8-5-13-28-19)20(22(26)24-12-11-16-9-10-16)17-6-3-4-7-18(17)23(25)27/h3-8,13,15-16,20-21H,9-12,14H2,1-2H3,(H,24,26). The smallest absolute Gasteiger partial charge is 0.254 e. The monoisotopic (exact) mass is 396 g/mol. The van der Waals surface area contributed by atoms with Crippen molar-refractivity contribution in [3.63, 3.8) is 0 Å². The van der Waals surface area contributed by atoms with Gasteiger partial charge in [0.05, 0.1) is 12.0 Å². The number of carbonyl (C=O) groups is 2. The van der Waals surface area contributed by atoms with Crippen LogP contribution in [0.1, 0.15) is 65.9 Å². The highest BCUT2D eigenvalue weighted by Crippen LogP contribution is 2.44. The Hall–Kier alpha value is -2.14. The quantitative estimate of drug-likeness (QED) is 0.743. The number of hydrogen-bond donors (Lipinski definition) is 1. The van der Waals surface area contributed by atoms with Crippen LogP contribution in [0, 0.1) is 11.8 Å². The van der Waals surface area contributed by atoms with Gasteiger partial charge in [-0.25, -0.2) is 0 Å². The summed E-state index contributed by atoms with van der Waals surface area (Å²) < 4.78 is 0. The predicted octanol–water partition coefficient (Wildman–Crippen LogP) is 4.60. The van der Waals surface area contributed by atoms with Crippen LogP contribution in [-0.2, 0) is 4.79 Å². The highest BCUT2D eigenvalue weighted by molar-refractivity contribution is 7.10. The molecule has 5 heteroatoms.